The summed E-state index contributed by atoms with van der Waals surface area (Å²) in [6, 6.07) is 8.46. The monoisotopic (exact) mass is 244 g/mol. The van der Waals surface area contributed by atoms with E-state index in [1.807, 2.05) is 0 Å². The first-order valence-electron chi connectivity index (χ1n) is 6.94. The number of hydrogen-bond acceptors (Lipinski definition) is 1. The Morgan fingerprint density at radius 1 is 1.22 bits per heavy atom. The first kappa shape index (κ1) is 11.8. The molecule has 0 aromatic heterocycles. The smallest absolute Gasteiger partial charge is 0.309 e. The van der Waals surface area contributed by atoms with Crippen LogP contribution in [0.3, 0.4) is 0 Å². The Morgan fingerprint density at radius 3 is 2.28 bits per heavy atom. The minimum atomic E-state index is -0.589. The van der Waals surface area contributed by atoms with Crippen molar-refractivity contribution in [2.45, 2.75) is 39.0 Å². The minimum Gasteiger partial charge on any atom is -0.481 e. The zero-order valence-electron chi connectivity index (χ0n) is 10.9. The van der Waals surface area contributed by atoms with Crippen LogP contribution in [0.25, 0.3) is 0 Å². The van der Waals surface area contributed by atoms with Gasteiger partial charge in [-0.3, -0.25) is 4.79 Å². The van der Waals surface area contributed by atoms with Crippen molar-refractivity contribution in [1.82, 2.24) is 0 Å². The molecule has 0 aliphatic heterocycles. The Bertz CT molecular complexity index is 450. The molecule has 1 aromatic carbocycles. The second-order valence-corrected chi connectivity index (χ2v) is 6.10. The van der Waals surface area contributed by atoms with Crippen LogP contribution in [-0.4, -0.2) is 11.1 Å². The molecular formula is C16H20O2. The lowest BCUT2D eigenvalue weighted by atomic mass is 9.77. The van der Waals surface area contributed by atoms with Gasteiger partial charge in [0.2, 0.25) is 0 Å². The lowest BCUT2D eigenvalue weighted by molar-refractivity contribution is -0.149. The fourth-order valence-corrected chi connectivity index (χ4v) is 3.58. The van der Waals surface area contributed by atoms with Crippen LogP contribution in [0.4, 0.5) is 0 Å². The van der Waals surface area contributed by atoms with Crippen molar-refractivity contribution >= 4 is 5.97 Å². The number of rotatable bonds is 4. The molecule has 2 nitrogen and oxygen atoms in total. The van der Waals surface area contributed by atoms with Crippen molar-refractivity contribution in [3.8, 4) is 0 Å². The van der Waals surface area contributed by atoms with Gasteiger partial charge in [0.05, 0.1) is 5.41 Å². The zero-order valence-corrected chi connectivity index (χ0v) is 10.9. The molecule has 18 heavy (non-hydrogen) atoms. The van der Waals surface area contributed by atoms with E-state index in [9.17, 15) is 9.90 Å². The molecule has 0 saturated heterocycles. The van der Waals surface area contributed by atoms with E-state index in [1.165, 1.54) is 17.5 Å². The SMILES string of the molecule is CCc1ccc(CC2(C(=O)O)CC3CC3C2)cc1. The predicted molar refractivity (Wildman–Crippen MR) is 70.4 cm³/mol. The highest BCUT2D eigenvalue weighted by atomic mass is 16.4. The van der Waals surface area contributed by atoms with Gasteiger partial charge >= 0.3 is 5.97 Å². The Hall–Kier alpha value is -1.31. The van der Waals surface area contributed by atoms with Gasteiger partial charge in [-0.15, -0.1) is 0 Å². The molecule has 2 saturated carbocycles. The largest absolute Gasteiger partial charge is 0.481 e. The zero-order chi connectivity index (χ0) is 12.8. The highest BCUT2D eigenvalue weighted by molar-refractivity contribution is 5.76. The molecule has 0 radical (unpaired) electrons. The second kappa shape index (κ2) is 4.11. The third kappa shape index (κ3) is 1.94. The van der Waals surface area contributed by atoms with Crippen molar-refractivity contribution in [2.24, 2.45) is 17.3 Å². The van der Waals surface area contributed by atoms with Crippen molar-refractivity contribution in [2.75, 3.05) is 0 Å². The summed E-state index contributed by atoms with van der Waals surface area (Å²) < 4.78 is 0. The highest BCUT2D eigenvalue weighted by Gasteiger charge is 2.57. The van der Waals surface area contributed by atoms with E-state index in [2.05, 4.69) is 31.2 Å². The molecular weight excluding hydrogens is 224 g/mol. The van der Waals surface area contributed by atoms with Crippen LogP contribution < -0.4 is 0 Å². The van der Waals surface area contributed by atoms with E-state index >= 15 is 0 Å². The van der Waals surface area contributed by atoms with E-state index in [4.69, 9.17) is 0 Å². The number of fused-ring (bicyclic) bond motifs is 1. The molecule has 2 aliphatic carbocycles. The number of carboxylic acids is 1. The van der Waals surface area contributed by atoms with Crippen LogP contribution in [-0.2, 0) is 17.6 Å². The summed E-state index contributed by atoms with van der Waals surface area (Å²) in [7, 11) is 0. The molecule has 0 spiro atoms. The lowest BCUT2D eigenvalue weighted by Gasteiger charge is -2.26. The average molecular weight is 244 g/mol. The Labute approximate surface area is 108 Å². The van der Waals surface area contributed by atoms with Crippen molar-refractivity contribution < 1.29 is 9.90 Å². The summed E-state index contributed by atoms with van der Waals surface area (Å²) in [6.07, 6.45) is 4.79. The molecule has 1 N–H and O–H groups in total. The quantitative estimate of drug-likeness (QED) is 0.882. The van der Waals surface area contributed by atoms with Gasteiger partial charge in [0.25, 0.3) is 0 Å². The van der Waals surface area contributed by atoms with Crippen LogP contribution in [0.2, 0.25) is 0 Å². The van der Waals surface area contributed by atoms with E-state index in [-0.39, 0.29) is 0 Å². The highest BCUT2D eigenvalue weighted by Crippen LogP contribution is 2.60. The number of hydrogen-bond donors (Lipinski definition) is 1. The number of benzene rings is 1. The Balaban J connectivity index is 1.78. The van der Waals surface area contributed by atoms with Crippen LogP contribution in [0.15, 0.2) is 24.3 Å². The molecule has 2 aliphatic rings. The maximum absolute atomic E-state index is 11.6. The topological polar surface area (TPSA) is 37.3 Å². The number of aryl methyl sites for hydroxylation is 1. The van der Waals surface area contributed by atoms with Gasteiger partial charge in [-0.2, -0.15) is 0 Å². The standard InChI is InChI=1S/C16H20O2/c1-2-11-3-5-12(6-4-11)8-16(15(17)18)9-13-7-14(13)10-16/h3-6,13-14H,2,7-10H2,1H3,(H,17,18). The van der Waals surface area contributed by atoms with Gasteiger partial charge in [0, 0.05) is 0 Å². The molecule has 2 fully saturated rings. The summed E-state index contributed by atoms with van der Waals surface area (Å²) in [5.74, 6) is 0.821. The Kier molecular flexibility index (Phi) is 2.69. The number of aliphatic carboxylic acids is 1. The number of carbonyl (C=O) groups is 1. The van der Waals surface area contributed by atoms with Gasteiger partial charge < -0.3 is 5.11 Å². The molecule has 0 amide bonds. The molecule has 1 aromatic rings. The molecule has 2 heteroatoms. The summed E-state index contributed by atoms with van der Waals surface area (Å²) in [5, 5.41) is 9.56. The van der Waals surface area contributed by atoms with Crippen LogP contribution in [0.1, 0.15) is 37.3 Å². The lowest BCUT2D eigenvalue weighted by Crippen LogP contribution is -2.31. The molecule has 96 valence electrons. The fourth-order valence-electron chi connectivity index (χ4n) is 3.58. The molecule has 0 heterocycles. The van der Waals surface area contributed by atoms with E-state index in [1.54, 1.807) is 0 Å². The van der Waals surface area contributed by atoms with Gasteiger partial charge in [0.15, 0.2) is 0 Å². The van der Waals surface area contributed by atoms with Crippen LogP contribution >= 0.6 is 0 Å². The third-order valence-corrected chi connectivity index (χ3v) is 4.80. The van der Waals surface area contributed by atoms with Gasteiger partial charge in [-0.1, -0.05) is 31.2 Å². The second-order valence-electron chi connectivity index (χ2n) is 6.10. The van der Waals surface area contributed by atoms with Crippen molar-refractivity contribution in [3.63, 3.8) is 0 Å². The fraction of sp³-hybridized carbons (Fsp3) is 0.562. The maximum Gasteiger partial charge on any atom is 0.309 e. The predicted octanol–water partition coefficient (Wildman–Crippen LogP) is 3.29. The summed E-state index contributed by atoms with van der Waals surface area (Å²) in [5.41, 5.74) is 2.02. The maximum atomic E-state index is 11.6. The van der Waals surface area contributed by atoms with E-state index in [0.29, 0.717) is 18.3 Å². The van der Waals surface area contributed by atoms with Crippen LogP contribution in [0.5, 0.6) is 0 Å². The number of carboxylic acid groups (broad SMARTS) is 1. The molecule has 2 unspecified atom stereocenters. The normalized spacial score (nSPS) is 33.2. The van der Waals surface area contributed by atoms with Gasteiger partial charge in [-0.05, 0) is 55.1 Å². The minimum absolute atomic E-state index is 0.471. The van der Waals surface area contributed by atoms with Crippen molar-refractivity contribution in [3.05, 3.63) is 35.4 Å². The Morgan fingerprint density at radius 2 is 1.78 bits per heavy atom. The van der Waals surface area contributed by atoms with Gasteiger partial charge in [-0.25, -0.2) is 0 Å². The van der Waals surface area contributed by atoms with Gasteiger partial charge in [0.1, 0.15) is 0 Å². The molecule has 3 rings (SSSR count). The molecule has 0 bridgehead atoms. The van der Waals surface area contributed by atoms with Crippen LogP contribution in [0, 0.1) is 17.3 Å². The summed E-state index contributed by atoms with van der Waals surface area (Å²) in [6.45, 7) is 2.14. The summed E-state index contributed by atoms with van der Waals surface area (Å²) in [4.78, 5) is 11.6. The third-order valence-electron chi connectivity index (χ3n) is 4.80. The molecule has 2 atom stereocenters. The van der Waals surface area contributed by atoms with E-state index < -0.39 is 11.4 Å². The first-order valence-corrected chi connectivity index (χ1v) is 6.94. The van der Waals surface area contributed by atoms with E-state index in [0.717, 1.165) is 19.3 Å². The summed E-state index contributed by atoms with van der Waals surface area (Å²) >= 11 is 0. The average Bonchev–Trinajstić information content (AvgIpc) is 2.98. The van der Waals surface area contributed by atoms with Crippen molar-refractivity contribution in [1.29, 1.82) is 0 Å². The first-order chi connectivity index (χ1) is 8.63.